The maximum absolute atomic E-state index is 13.7. The number of aromatic nitrogens is 1. The number of carbonyl (C=O) groups is 2. The highest BCUT2D eigenvalue weighted by Crippen LogP contribution is 2.34. The quantitative estimate of drug-likeness (QED) is 0.510. The lowest BCUT2D eigenvalue weighted by atomic mass is 10.0. The van der Waals surface area contributed by atoms with Crippen LogP contribution in [-0.4, -0.2) is 72.3 Å². The molecule has 2 aliphatic rings. The normalized spacial score (nSPS) is 18.5. The summed E-state index contributed by atoms with van der Waals surface area (Å²) < 4.78 is 19.0. The van der Waals surface area contributed by atoms with E-state index in [1.54, 1.807) is 19.9 Å². The summed E-state index contributed by atoms with van der Waals surface area (Å²) in [4.78, 5) is 30.5. The number of aromatic amines is 1. The molecule has 4 rings (SSSR count). The first-order valence-electron chi connectivity index (χ1n) is 10.6. The fraction of sp³-hybridized carbons (Fsp3) is 0.391. The Hall–Kier alpha value is -3.01. The van der Waals surface area contributed by atoms with Crippen molar-refractivity contribution in [2.75, 3.05) is 44.7 Å². The minimum atomic E-state index is -0.688. The molecule has 2 aromatic rings. The fourth-order valence-corrected chi connectivity index (χ4v) is 4.15. The molecule has 3 heterocycles. The number of benzene rings is 1. The lowest BCUT2D eigenvalue weighted by Gasteiger charge is -2.28. The van der Waals surface area contributed by atoms with E-state index in [-0.39, 0.29) is 18.4 Å². The van der Waals surface area contributed by atoms with E-state index in [9.17, 15) is 19.1 Å². The van der Waals surface area contributed by atoms with Gasteiger partial charge in [0.25, 0.3) is 11.8 Å². The second kappa shape index (κ2) is 9.23. The van der Waals surface area contributed by atoms with Crippen molar-refractivity contribution < 1.29 is 23.8 Å². The monoisotopic (exact) mass is 442 g/mol. The molecule has 2 aliphatic heterocycles. The van der Waals surface area contributed by atoms with E-state index in [1.807, 2.05) is 0 Å². The average molecular weight is 442 g/mol. The van der Waals surface area contributed by atoms with Crippen molar-refractivity contribution >= 4 is 29.2 Å². The third kappa shape index (κ3) is 4.59. The first-order valence-corrected chi connectivity index (χ1v) is 10.6. The van der Waals surface area contributed by atoms with E-state index in [0.29, 0.717) is 59.1 Å². The minimum Gasteiger partial charge on any atom is -0.390 e. The molecule has 8 nitrogen and oxygen atoms in total. The number of carbonyl (C=O) groups excluding carboxylic acids is 2. The summed E-state index contributed by atoms with van der Waals surface area (Å²) in [6.07, 6.45) is 0.944. The highest BCUT2D eigenvalue weighted by atomic mass is 19.1. The molecule has 170 valence electrons. The molecular weight excluding hydrogens is 415 g/mol. The zero-order valence-corrected chi connectivity index (χ0v) is 18.1. The Bertz CT molecular complexity index is 1070. The van der Waals surface area contributed by atoms with Gasteiger partial charge in [-0.2, -0.15) is 0 Å². The summed E-state index contributed by atoms with van der Waals surface area (Å²) in [6, 6.07) is 4.13. The molecule has 2 amide bonds. The van der Waals surface area contributed by atoms with Gasteiger partial charge in [0, 0.05) is 48.8 Å². The van der Waals surface area contributed by atoms with E-state index < -0.39 is 11.9 Å². The average Bonchev–Trinajstić information content (AvgIpc) is 3.22. The van der Waals surface area contributed by atoms with E-state index in [1.165, 1.54) is 18.2 Å². The van der Waals surface area contributed by atoms with Crippen molar-refractivity contribution in [3.05, 3.63) is 52.1 Å². The third-order valence-electron chi connectivity index (χ3n) is 5.83. The van der Waals surface area contributed by atoms with Gasteiger partial charge in [0.2, 0.25) is 0 Å². The van der Waals surface area contributed by atoms with E-state index in [4.69, 9.17) is 4.74 Å². The van der Waals surface area contributed by atoms with Gasteiger partial charge in [-0.1, -0.05) is 0 Å². The molecule has 0 spiro atoms. The van der Waals surface area contributed by atoms with Crippen LogP contribution in [0.5, 0.6) is 0 Å². The van der Waals surface area contributed by atoms with Crippen molar-refractivity contribution in [3.63, 3.8) is 0 Å². The molecule has 0 aliphatic carbocycles. The van der Waals surface area contributed by atoms with Gasteiger partial charge in [0.15, 0.2) is 0 Å². The molecule has 1 saturated heterocycles. The molecular formula is C23H27FN4O4. The van der Waals surface area contributed by atoms with Crippen molar-refractivity contribution in [2.24, 2.45) is 0 Å². The molecule has 0 bridgehead atoms. The van der Waals surface area contributed by atoms with Gasteiger partial charge in [-0.25, -0.2) is 4.39 Å². The molecule has 0 radical (unpaired) electrons. The third-order valence-corrected chi connectivity index (χ3v) is 5.83. The molecule has 32 heavy (non-hydrogen) atoms. The van der Waals surface area contributed by atoms with Crippen LogP contribution >= 0.6 is 0 Å². The van der Waals surface area contributed by atoms with Crippen LogP contribution in [0, 0.1) is 19.7 Å². The van der Waals surface area contributed by atoms with Crippen LogP contribution in [0.1, 0.15) is 32.9 Å². The number of anilines is 1. The van der Waals surface area contributed by atoms with Gasteiger partial charge in [-0.3, -0.25) is 14.5 Å². The van der Waals surface area contributed by atoms with Crippen molar-refractivity contribution in [1.82, 2.24) is 15.2 Å². The number of hydrogen-bond donors (Lipinski definition) is 4. The van der Waals surface area contributed by atoms with Gasteiger partial charge < -0.3 is 25.5 Å². The lowest BCUT2D eigenvalue weighted by molar-refractivity contribution is -0.110. The molecule has 1 atom stereocenters. The number of rotatable bonds is 6. The number of nitrogens with one attached hydrogen (secondary N) is 3. The maximum Gasteiger partial charge on any atom is 0.256 e. The smallest absolute Gasteiger partial charge is 0.256 e. The molecule has 1 fully saturated rings. The number of morpholine rings is 1. The Kier molecular flexibility index (Phi) is 6.40. The fourth-order valence-electron chi connectivity index (χ4n) is 4.15. The first kappa shape index (κ1) is 22.2. The van der Waals surface area contributed by atoms with E-state index in [0.717, 1.165) is 13.1 Å². The number of aliphatic hydroxyl groups is 1. The molecule has 1 aromatic carbocycles. The number of amides is 2. The van der Waals surface area contributed by atoms with Gasteiger partial charge >= 0.3 is 0 Å². The van der Waals surface area contributed by atoms with Crippen LogP contribution < -0.4 is 10.6 Å². The number of ether oxygens (including phenoxy) is 1. The van der Waals surface area contributed by atoms with Gasteiger partial charge in [0.05, 0.1) is 30.5 Å². The summed E-state index contributed by atoms with van der Waals surface area (Å²) in [6.45, 7) is 6.98. The van der Waals surface area contributed by atoms with Crippen LogP contribution in [0.15, 0.2) is 18.2 Å². The zero-order valence-electron chi connectivity index (χ0n) is 18.1. The van der Waals surface area contributed by atoms with Crippen LogP contribution in [0.2, 0.25) is 0 Å². The van der Waals surface area contributed by atoms with Crippen molar-refractivity contribution in [3.8, 4) is 0 Å². The standard InChI is InChI=1S/C23H27FN4O4/c1-13-20(10-18-17-9-15(24)3-4-19(17)27-22(18)30)26-14(2)21(13)23(31)25-11-16(29)12-28-5-7-32-8-6-28/h3-4,9-10,16,26,29H,5-8,11-12H2,1-2H3,(H,25,31)(H,27,30)/b18-10-. The second-order valence-electron chi connectivity index (χ2n) is 8.14. The van der Waals surface area contributed by atoms with Gasteiger partial charge in [-0.15, -0.1) is 0 Å². The summed E-state index contributed by atoms with van der Waals surface area (Å²) in [5, 5.41) is 15.8. The Labute approximate surface area is 185 Å². The van der Waals surface area contributed by atoms with Crippen LogP contribution in [0.25, 0.3) is 11.6 Å². The predicted octanol–water partition coefficient (Wildman–Crippen LogP) is 1.69. The van der Waals surface area contributed by atoms with E-state index >= 15 is 0 Å². The van der Waals surface area contributed by atoms with Gasteiger partial charge in [0.1, 0.15) is 5.82 Å². The predicted molar refractivity (Wildman–Crippen MR) is 119 cm³/mol. The molecule has 9 heteroatoms. The maximum atomic E-state index is 13.7. The second-order valence-corrected chi connectivity index (χ2v) is 8.14. The van der Waals surface area contributed by atoms with Crippen molar-refractivity contribution in [1.29, 1.82) is 0 Å². The Morgan fingerprint density at radius 2 is 2.09 bits per heavy atom. The first-order chi connectivity index (χ1) is 15.3. The van der Waals surface area contributed by atoms with E-state index in [2.05, 4.69) is 20.5 Å². The lowest BCUT2D eigenvalue weighted by Crippen LogP contribution is -2.44. The van der Waals surface area contributed by atoms with Crippen LogP contribution in [-0.2, 0) is 9.53 Å². The summed E-state index contributed by atoms with van der Waals surface area (Å²) in [7, 11) is 0. The molecule has 4 N–H and O–H groups in total. The number of nitrogens with zero attached hydrogens (tertiary/aromatic N) is 1. The highest BCUT2D eigenvalue weighted by molar-refractivity contribution is 6.34. The zero-order chi connectivity index (χ0) is 22.8. The largest absolute Gasteiger partial charge is 0.390 e. The number of aryl methyl sites for hydroxylation is 1. The molecule has 1 unspecified atom stereocenters. The van der Waals surface area contributed by atoms with Crippen LogP contribution in [0.4, 0.5) is 10.1 Å². The number of aliphatic hydroxyl groups excluding tert-OH is 1. The van der Waals surface area contributed by atoms with Gasteiger partial charge in [-0.05, 0) is 43.7 Å². The SMILES string of the molecule is Cc1[nH]c(/C=C2\C(=O)Nc3ccc(F)cc32)c(C)c1C(=O)NCC(O)CN1CCOCC1. The number of fused-ring (bicyclic) bond motifs is 1. The molecule has 1 aromatic heterocycles. The summed E-state index contributed by atoms with van der Waals surface area (Å²) >= 11 is 0. The summed E-state index contributed by atoms with van der Waals surface area (Å²) in [5.74, 6) is -1.06. The Morgan fingerprint density at radius 1 is 1.34 bits per heavy atom. The van der Waals surface area contributed by atoms with Crippen molar-refractivity contribution in [2.45, 2.75) is 20.0 Å². The number of H-pyrrole nitrogens is 1. The topological polar surface area (TPSA) is 107 Å². The number of halogens is 1. The van der Waals surface area contributed by atoms with Crippen LogP contribution in [0.3, 0.4) is 0 Å². The Morgan fingerprint density at radius 3 is 2.84 bits per heavy atom. The minimum absolute atomic E-state index is 0.131. The number of β-amino-alcohol motifs (C(OH)–C–C–N with tert-alkyl or cyclic N) is 1. The number of hydrogen-bond acceptors (Lipinski definition) is 5. The highest BCUT2D eigenvalue weighted by Gasteiger charge is 2.26. The molecule has 0 saturated carbocycles. The summed E-state index contributed by atoms with van der Waals surface area (Å²) in [5.41, 5.74) is 3.75. The Balaban J connectivity index is 1.47.